The molecule has 1 N–H and O–H groups in total. The number of benzene rings is 1. The summed E-state index contributed by atoms with van der Waals surface area (Å²) in [6, 6.07) is 5.96. The molecule has 4 fully saturated rings. The molecule has 0 bridgehead atoms. The number of hydrogen-bond donors (Lipinski definition) is 1. The highest BCUT2D eigenvalue weighted by Crippen LogP contribution is 2.33. The lowest BCUT2D eigenvalue weighted by Crippen LogP contribution is -2.57. The number of azide groups is 1. The van der Waals surface area contributed by atoms with Crippen LogP contribution in [0.1, 0.15) is 50.4 Å². The van der Waals surface area contributed by atoms with Gasteiger partial charge in [0.25, 0.3) is 5.91 Å². The van der Waals surface area contributed by atoms with E-state index in [1.54, 1.807) is 12.1 Å². The van der Waals surface area contributed by atoms with Crippen molar-refractivity contribution in [3.63, 3.8) is 0 Å². The second-order valence-corrected chi connectivity index (χ2v) is 11.9. The Hall–Kier alpha value is -3.14. The van der Waals surface area contributed by atoms with E-state index >= 15 is 0 Å². The molecule has 3 aliphatic heterocycles. The van der Waals surface area contributed by atoms with Crippen molar-refractivity contribution in [3.8, 4) is 0 Å². The molecule has 1 aliphatic carbocycles. The van der Waals surface area contributed by atoms with E-state index in [1.807, 2.05) is 32.9 Å². The molecule has 0 spiro atoms. The number of amides is 2. The first-order valence-corrected chi connectivity index (χ1v) is 13.6. The number of rotatable bonds is 6. The zero-order valence-electron chi connectivity index (χ0n) is 22.4. The van der Waals surface area contributed by atoms with Gasteiger partial charge in [-0.3, -0.25) is 19.3 Å². The molecule has 204 valence electrons. The second kappa shape index (κ2) is 10.6. The number of nitrogens with zero attached hydrogens (tertiary/aromatic N) is 6. The molecular formula is C27H37N7O4. The number of likely N-dealkylation sites (tertiary alicyclic amines) is 1. The fraction of sp³-hybridized carbons (Fsp3) is 0.667. The van der Waals surface area contributed by atoms with E-state index < -0.39 is 29.6 Å². The van der Waals surface area contributed by atoms with E-state index in [2.05, 4.69) is 25.1 Å². The van der Waals surface area contributed by atoms with Gasteiger partial charge in [-0.2, -0.15) is 0 Å². The number of ketones is 1. The Morgan fingerprint density at radius 3 is 2.39 bits per heavy atom. The third-order valence-electron chi connectivity index (χ3n) is 8.43. The van der Waals surface area contributed by atoms with Crippen LogP contribution < -0.4 is 10.2 Å². The normalized spacial score (nSPS) is 26.9. The van der Waals surface area contributed by atoms with Crippen LogP contribution in [-0.2, 0) is 14.3 Å². The Morgan fingerprint density at radius 1 is 1.13 bits per heavy atom. The number of piperazine rings is 1. The number of fused-ring (bicyclic) bond motifs is 1. The molecule has 3 heterocycles. The van der Waals surface area contributed by atoms with Crippen LogP contribution in [0.15, 0.2) is 29.4 Å². The lowest BCUT2D eigenvalue weighted by atomic mass is 9.85. The molecule has 11 nitrogen and oxygen atoms in total. The summed E-state index contributed by atoms with van der Waals surface area (Å²) in [7, 11) is 0. The Labute approximate surface area is 223 Å². The summed E-state index contributed by atoms with van der Waals surface area (Å²) in [4.78, 5) is 48.7. The molecule has 5 rings (SSSR count). The van der Waals surface area contributed by atoms with Crippen molar-refractivity contribution < 1.29 is 19.1 Å². The molecule has 0 unspecified atom stereocenters. The van der Waals surface area contributed by atoms with Gasteiger partial charge in [0.15, 0.2) is 5.78 Å². The van der Waals surface area contributed by atoms with Crippen molar-refractivity contribution in [1.29, 1.82) is 0 Å². The van der Waals surface area contributed by atoms with Crippen molar-refractivity contribution in [2.45, 2.75) is 70.3 Å². The largest absolute Gasteiger partial charge is 0.369 e. The van der Waals surface area contributed by atoms with E-state index in [1.165, 1.54) is 24.2 Å². The van der Waals surface area contributed by atoms with Gasteiger partial charge in [-0.25, -0.2) is 0 Å². The van der Waals surface area contributed by atoms with Crippen LogP contribution >= 0.6 is 0 Å². The maximum atomic E-state index is 13.7. The summed E-state index contributed by atoms with van der Waals surface area (Å²) in [5, 5.41) is 6.66. The molecule has 1 aromatic carbocycles. The lowest BCUT2D eigenvalue weighted by molar-refractivity contribution is -0.140. The molecule has 1 aromatic rings. The first-order valence-electron chi connectivity index (χ1n) is 13.6. The van der Waals surface area contributed by atoms with Gasteiger partial charge in [0.2, 0.25) is 5.91 Å². The Balaban J connectivity index is 1.25. The van der Waals surface area contributed by atoms with Crippen LogP contribution in [0.3, 0.4) is 0 Å². The number of carbonyl (C=O) groups is 3. The molecule has 2 amide bonds. The third-order valence-corrected chi connectivity index (χ3v) is 8.43. The monoisotopic (exact) mass is 523 g/mol. The van der Waals surface area contributed by atoms with Crippen LogP contribution in [0.4, 0.5) is 5.69 Å². The molecule has 3 saturated heterocycles. The van der Waals surface area contributed by atoms with E-state index in [4.69, 9.17) is 10.3 Å². The highest BCUT2D eigenvalue weighted by Gasteiger charge is 2.54. The van der Waals surface area contributed by atoms with Gasteiger partial charge in [-0.1, -0.05) is 32.3 Å². The van der Waals surface area contributed by atoms with E-state index in [0.29, 0.717) is 5.56 Å². The average molecular weight is 524 g/mol. The fourth-order valence-electron chi connectivity index (χ4n) is 5.98. The minimum Gasteiger partial charge on any atom is -0.369 e. The number of anilines is 1. The number of hydrogen-bond acceptors (Lipinski definition) is 7. The molecule has 0 radical (unpaired) electrons. The number of nitrogens with one attached hydrogen (secondary N) is 1. The topological polar surface area (TPSA) is 131 Å². The van der Waals surface area contributed by atoms with Crippen molar-refractivity contribution in [3.05, 3.63) is 40.3 Å². The summed E-state index contributed by atoms with van der Waals surface area (Å²) in [6.45, 7) is 9.64. The van der Waals surface area contributed by atoms with Gasteiger partial charge in [-0.15, -0.1) is 0 Å². The predicted molar refractivity (Wildman–Crippen MR) is 142 cm³/mol. The van der Waals surface area contributed by atoms with Crippen LogP contribution in [0, 0.1) is 5.41 Å². The van der Waals surface area contributed by atoms with Crippen molar-refractivity contribution in [2.24, 2.45) is 10.5 Å². The quantitative estimate of drug-likeness (QED) is 0.346. The van der Waals surface area contributed by atoms with Crippen LogP contribution in [0.25, 0.3) is 10.4 Å². The van der Waals surface area contributed by atoms with Crippen LogP contribution in [0.5, 0.6) is 0 Å². The van der Waals surface area contributed by atoms with Crippen molar-refractivity contribution in [2.75, 3.05) is 44.2 Å². The van der Waals surface area contributed by atoms with Crippen molar-refractivity contribution >= 4 is 23.3 Å². The second-order valence-electron chi connectivity index (χ2n) is 11.9. The van der Waals surface area contributed by atoms with Gasteiger partial charge >= 0.3 is 0 Å². The van der Waals surface area contributed by atoms with E-state index in [0.717, 1.165) is 37.9 Å². The van der Waals surface area contributed by atoms with Gasteiger partial charge in [0.05, 0.1) is 12.1 Å². The Morgan fingerprint density at radius 2 is 1.82 bits per heavy atom. The molecule has 38 heavy (non-hydrogen) atoms. The third kappa shape index (κ3) is 5.10. The minimum atomic E-state index is -0.881. The summed E-state index contributed by atoms with van der Waals surface area (Å²) in [6.07, 6.45) is 3.33. The van der Waals surface area contributed by atoms with Crippen molar-refractivity contribution in [1.82, 2.24) is 15.1 Å². The molecule has 1 saturated carbocycles. The Bertz CT molecular complexity index is 1120. The van der Waals surface area contributed by atoms with E-state index in [-0.39, 0.29) is 30.7 Å². The minimum absolute atomic E-state index is 0.0785. The predicted octanol–water partition coefficient (Wildman–Crippen LogP) is 2.36. The fourth-order valence-corrected chi connectivity index (χ4v) is 5.98. The SMILES string of the molecule is CC(C)(C)[C@H](NC(=O)c1ccc(N2CCN(C3CCC3)CC2)cc1)C(=O)N1C[C@@H](N=[N+]=[N-])[C@H]2OCC(=O)[C@H]21. The van der Waals surface area contributed by atoms with E-state index in [9.17, 15) is 14.4 Å². The maximum Gasteiger partial charge on any atom is 0.251 e. The van der Waals surface area contributed by atoms with Gasteiger partial charge in [-0.05, 0) is 48.1 Å². The molecular weight excluding hydrogens is 486 g/mol. The van der Waals surface area contributed by atoms with Crippen LogP contribution in [0.2, 0.25) is 0 Å². The highest BCUT2D eigenvalue weighted by atomic mass is 16.5. The molecule has 11 heteroatoms. The highest BCUT2D eigenvalue weighted by molar-refractivity contribution is 5.99. The standard InChI is InChI=1S/C27H37N7O4/c1-27(2,3)24(26(37)34-15-20(30-31-28)23-22(34)21(35)16-38-23)29-25(36)17-7-9-19(10-8-17)33-13-11-32(12-14-33)18-5-4-6-18/h7-10,18,20,22-24H,4-6,11-16H2,1-3H3,(H,29,36)/t20-,22-,23-,24-/m1/s1. The maximum absolute atomic E-state index is 13.7. The number of Topliss-reactive ketones (excluding diaryl/α,β-unsaturated/α-hetero) is 1. The van der Waals surface area contributed by atoms with Crippen LogP contribution in [-0.4, -0.2) is 97.0 Å². The summed E-state index contributed by atoms with van der Waals surface area (Å²) in [5.41, 5.74) is 9.85. The molecule has 4 atom stereocenters. The number of ether oxygens (including phenoxy) is 1. The lowest BCUT2D eigenvalue weighted by Gasteiger charge is -2.43. The Kier molecular flexibility index (Phi) is 7.35. The number of carbonyl (C=O) groups excluding carboxylic acids is 3. The van der Waals surface area contributed by atoms with Gasteiger partial charge in [0, 0.05) is 54.9 Å². The first-order chi connectivity index (χ1) is 18.2. The van der Waals surface area contributed by atoms with Gasteiger partial charge < -0.3 is 19.9 Å². The zero-order valence-corrected chi connectivity index (χ0v) is 22.4. The smallest absolute Gasteiger partial charge is 0.251 e. The molecule has 4 aliphatic rings. The average Bonchev–Trinajstić information content (AvgIpc) is 3.42. The summed E-state index contributed by atoms with van der Waals surface area (Å²) < 4.78 is 5.54. The van der Waals surface area contributed by atoms with Gasteiger partial charge in [0.1, 0.15) is 18.7 Å². The first kappa shape index (κ1) is 26.5. The zero-order chi connectivity index (χ0) is 27.0. The molecule has 0 aromatic heterocycles. The summed E-state index contributed by atoms with van der Waals surface area (Å²) in [5.74, 6) is -0.950. The summed E-state index contributed by atoms with van der Waals surface area (Å²) >= 11 is 0.